The van der Waals surface area contributed by atoms with E-state index in [0.717, 1.165) is 6.07 Å². The van der Waals surface area contributed by atoms with Gasteiger partial charge in [0.15, 0.2) is 0 Å². The Hall–Kier alpha value is -3.13. The van der Waals surface area contributed by atoms with Crippen molar-refractivity contribution in [2.45, 2.75) is 25.7 Å². The summed E-state index contributed by atoms with van der Waals surface area (Å²) in [4.78, 5) is 30.4. The van der Waals surface area contributed by atoms with Crippen LogP contribution >= 0.6 is 11.6 Å². The zero-order valence-electron chi connectivity index (χ0n) is 17.5. The van der Waals surface area contributed by atoms with Crippen LogP contribution in [0.1, 0.15) is 23.6 Å². The summed E-state index contributed by atoms with van der Waals surface area (Å²) in [6, 6.07) is -0.0427. The van der Waals surface area contributed by atoms with Crippen molar-refractivity contribution < 1.29 is 49.5 Å². The van der Waals surface area contributed by atoms with E-state index in [0.29, 0.717) is 11.0 Å². The highest BCUT2D eigenvalue weighted by Crippen LogP contribution is 2.42. The molecule has 0 bridgehead atoms. The predicted octanol–water partition coefficient (Wildman–Crippen LogP) is 5.67. The van der Waals surface area contributed by atoms with Crippen molar-refractivity contribution in [3.8, 4) is 0 Å². The summed E-state index contributed by atoms with van der Waals surface area (Å²) < 4.78 is 109. The van der Waals surface area contributed by atoms with Gasteiger partial charge in [0.25, 0.3) is 0 Å². The van der Waals surface area contributed by atoms with Gasteiger partial charge in [-0.15, -0.1) is 0 Å². The van der Waals surface area contributed by atoms with Gasteiger partial charge in [-0.05, 0) is 25.1 Å². The van der Waals surface area contributed by atoms with E-state index < -0.39 is 82.2 Å². The van der Waals surface area contributed by atoms with Crippen LogP contribution in [0, 0.1) is 11.6 Å². The summed E-state index contributed by atoms with van der Waals surface area (Å²) in [5.41, 5.74) is -6.18. The third-order valence-corrected chi connectivity index (χ3v) is 5.19. The molecule has 6 nitrogen and oxygen atoms in total. The number of carbonyl (C=O) groups is 2. The zero-order chi connectivity index (χ0) is 26.3. The van der Waals surface area contributed by atoms with Crippen LogP contribution < -0.4 is 15.3 Å². The number of likely N-dealkylation sites (N-methyl/N-ethyl adjacent to an activating group) is 1. The average Bonchev–Trinajstić information content (AvgIpc) is 3.16. The predicted molar refractivity (Wildman–Crippen MR) is 107 cm³/mol. The highest BCUT2D eigenvalue weighted by molar-refractivity contribution is 6.31. The molecule has 1 saturated heterocycles. The van der Waals surface area contributed by atoms with E-state index >= 15 is 0 Å². The van der Waals surface area contributed by atoms with Gasteiger partial charge in [-0.1, -0.05) is 11.6 Å². The van der Waals surface area contributed by atoms with Crippen molar-refractivity contribution >= 4 is 34.9 Å². The van der Waals surface area contributed by atoms with Crippen LogP contribution in [0.3, 0.4) is 0 Å². The Morgan fingerprint density at radius 1 is 1.09 bits per heavy atom. The number of amides is 3. The Bertz CT molecular complexity index is 1170. The molecule has 0 aromatic heterocycles. The lowest BCUT2D eigenvalue weighted by Crippen LogP contribution is -2.35. The van der Waals surface area contributed by atoms with Gasteiger partial charge < -0.3 is 10.2 Å². The number of anilines is 2. The largest absolute Gasteiger partial charge is 0.416 e. The van der Waals surface area contributed by atoms with Gasteiger partial charge in [-0.25, -0.2) is 18.4 Å². The first-order valence-electron chi connectivity index (χ1n) is 9.62. The Morgan fingerprint density at radius 2 is 1.74 bits per heavy atom. The fourth-order valence-electron chi connectivity index (χ4n) is 3.35. The average molecular weight is 532 g/mol. The van der Waals surface area contributed by atoms with E-state index in [-0.39, 0.29) is 23.7 Å². The third-order valence-electron chi connectivity index (χ3n) is 4.91. The first-order chi connectivity index (χ1) is 16.1. The maximum atomic E-state index is 14.3. The molecule has 35 heavy (non-hydrogen) atoms. The van der Waals surface area contributed by atoms with Crippen LogP contribution in [0.2, 0.25) is 5.02 Å². The van der Waals surface area contributed by atoms with Gasteiger partial charge in [0, 0.05) is 18.2 Å². The lowest BCUT2D eigenvalue weighted by molar-refractivity contribution is -0.143. The standard InChI is InChI=1S/C20H14ClF8N3O3/c1-2-31(16-6-12(21)13(22)7-14(16)23)17(33)5-10-11(20(27,28)29)3-9(19(24,25)26)4-15(10)32-18(34)30-8-35-32/h3-4,6-7H,2,5,8H2,1H3,(H,30,34). The van der Waals surface area contributed by atoms with Gasteiger partial charge in [0.05, 0.1) is 33.9 Å². The fourth-order valence-corrected chi connectivity index (χ4v) is 3.51. The molecule has 1 heterocycles. The third kappa shape index (κ3) is 5.42. The summed E-state index contributed by atoms with van der Waals surface area (Å²) in [6.45, 7) is 0.448. The highest BCUT2D eigenvalue weighted by atomic mass is 35.5. The van der Waals surface area contributed by atoms with Crippen LogP contribution in [-0.2, 0) is 28.4 Å². The van der Waals surface area contributed by atoms with Crippen molar-refractivity contribution in [3.05, 3.63) is 57.6 Å². The Kier molecular flexibility index (Phi) is 7.18. The van der Waals surface area contributed by atoms with E-state index in [2.05, 4.69) is 5.32 Å². The molecule has 3 rings (SSSR count). The smallest absolute Gasteiger partial charge is 0.310 e. The van der Waals surface area contributed by atoms with Crippen molar-refractivity contribution in [1.82, 2.24) is 5.32 Å². The molecule has 1 fully saturated rings. The zero-order valence-corrected chi connectivity index (χ0v) is 18.2. The van der Waals surface area contributed by atoms with E-state index in [1.807, 2.05) is 0 Å². The number of nitrogens with zero attached hydrogens (tertiary/aromatic N) is 2. The molecule has 0 unspecified atom stereocenters. The quantitative estimate of drug-likeness (QED) is 0.399. The number of hydrogen-bond donors (Lipinski definition) is 1. The monoisotopic (exact) mass is 531 g/mol. The number of rotatable bonds is 5. The first-order valence-corrected chi connectivity index (χ1v) is 10.00. The number of carbonyl (C=O) groups excluding carboxylic acids is 2. The second kappa shape index (κ2) is 9.49. The van der Waals surface area contributed by atoms with Crippen LogP contribution in [-0.4, -0.2) is 25.2 Å². The summed E-state index contributed by atoms with van der Waals surface area (Å²) in [7, 11) is 0. The van der Waals surface area contributed by atoms with E-state index in [4.69, 9.17) is 16.4 Å². The first kappa shape index (κ1) is 26.5. The maximum absolute atomic E-state index is 14.3. The SMILES string of the molecule is CCN(C(=O)Cc1c(N2OCNC2=O)cc(C(F)(F)F)cc1C(F)(F)F)c1cc(Cl)c(F)cc1F. The molecular formula is C20H14ClF8N3O3. The van der Waals surface area contributed by atoms with Crippen molar-refractivity contribution in [3.63, 3.8) is 0 Å². The molecule has 2 aromatic carbocycles. The van der Waals surface area contributed by atoms with Crippen molar-refractivity contribution in [2.75, 3.05) is 23.2 Å². The van der Waals surface area contributed by atoms with Crippen LogP contribution in [0.5, 0.6) is 0 Å². The number of hydrogen-bond acceptors (Lipinski definition) is 3. The number of halogens is 9. The Morgan fingerprint density at radius 3 is 2.26 bits per heavy atom. The molecular weight excluding hydrogens is 518 g/mol. The molecule has 15 heteroatoms. The Balaban J connectivity index is 2.17. The van der Waals surface area contributed by atoms with Crippen LogP contribution in [0.15, 0.2) is 24.3 Å². The summed E-state index contributed by atoms with van der Waals surface area (Å²) >= 11 is 5.62. The van der Waals surface area contributed by atoms with Gasteiger partial charge in [-0.3, -0.25) is 4.79 Å². The topological polar surface area (TPSA) is 61.9 Å². The van der Waals surface area contributed by atoms with Crippen LogP contribution in [0.25, 0.3) is 0 Å². The molecule has 2 aromatic rings. The van der Waals surface area contributed by atoms with Crippen LogP contribution in [0.4, 0.5) is 51.3 Å². The van der Waals surface area contributed by atoms with Crippen molar-refractivity contribution in [2.24, 2.45) is 0 Å². The minimum atomic E-state index is -5.39. The summed E-state index contributed by atoms with van der Waals surface area (Å²) in [5, 5.41) is 1.63. The molecule has 0 aliphatic carbocycles. The summed E-state index contributed by atoms with van der Waals surface area (Å²) in [5.74, 6) is -3.62. The molecule has 0 atom stereocenters. The number of alkyl halides is 6. The second-order valence-electron chi connectivity index (χ2n) is 7.10. The molecule has 1 aliphatic heterocycles. The molecule has 0 spiro atoms. The number of nitrogens with one attached hydrogen (secondary N) is 1. The molecule has 0 saturated carbocycles. The summed E-state index contributed by atoms with van der Waals surface area (Å²) in [6.07, 6.45) is -11.8. The van der Waals surface area contributed by atoms with Gasteiger partial charge >= 0.3 is 18.4 Å². The minimum absolute atomic E-state index is 0.165. The van der Waals surface area contributed by atoms with E-state index in [1.54, 1.807) is 0 Å². The maximum Gasteiger partial charge on any atom is 0.416 e. The molecule has 3 amide bonds. The molecule has 0 radical (unpaired) electrons. The highest BCUT2D eigenvalue weighted by Gasteiger charge is 2.42. The number of urea groups is 1. The lowest BCUT2D eigenvalue weighted by Gasteiger charge is -2.26. The molecule has 190 valence electrons. The molecule has 1 aliphatic rings. The van der Waals surface area contributed by atoms with Gasteiger partial charge in [0.2, 0.25) is 5.91 Å². The van der Waals surface area contributed by atoms with Gasteiger partial charge in [0.1, 0.15) is 18.4 Å². The molecule has 1 N–H and O–H groups in total. The van der Waals surface area contributed by atoms with Crippen molar-refractivity contribution in [1.29, 1.82) is 0 Å². The van der Waals surface area contributed by atoms with E-state index in [1.165, 1.54) is 6.92 Å². The fraction of sp³-hybridized carbons (Fsp3) is 0.300. The lowest BCUT2D eigenvalue weighted by atomic mass is 9.97. The second-order valence-corrected chi connectivity index (χ2v) is 7.51. The van der Waals surface area contributed by atoms with Gasteiger partial charge in [-0.2, -0.15) is 31.4 Å². The number of hydroxylamine groups is 1. The normalized spacial score (nSPS) is 14.3. The minimum Gasteiger partial charge on any atom is -0.310 e. The van der Waals surface area contributed by atoms with E-state index in [9.17, 15) is 44.7 Å². The Labute approximate surface area is 196 Å². The number of benzene rings is 2.